The molecule has 40 heavy (non-hydrogen) atoms. The molecular formula is C31H37N5O4. The van der Waals surface area contributed by atoms with Crippen LogP contribution in [0.25, 0.3) is 22.5 Å². The van der Waals surface area contributed by atoms with E-state index in [1.165, 1.54) is 0 Å². The maximum absolute atomic E-state index is 13.9. The van der Waals surface area contributed by atoms with Crippen molar-refractivity contribution in [1.29, 1.82) is 0 Å². The maximum Gasteiger partial charge on any atom is 0.439 e. The third kappa shape index (κ3) is 6.30. The molecule has 0 fully saturated rings. The molecule has 2 aromatic carbocycles. The first-order valence-electron chi connectivity index (χ1n) is 13.8. The fourth-order valence-electron chi connectivity index (χ4n) is 4.67. The Kier molecular flexibility index (Phi) is 9.14. The largest absolute Gasteiger partial charge is 0.439 e. The molecule has 0 unspecified atom stereocenters. The molecule has 0 aliphatic heterocycles. The van der Waals surface area contributed by atoms with Crippen LogP contribution in [0.15, 0.2) is 62.6 Å². The van der Waals surface area contributed by atoms with Gasteiger partial charge in [0.15, 0.2) is 5.82 Å². The van der Waals surface area contributed by atoms with Crippen LogP contribution in [0.3, 0.4) is 0 Å². The number of rotatable bonds is 11. The standard InChI is InChI=1S/C31H37N5O4/c1-6-8-13-27-32-26(7-2)25(18-28(37)35(5)20(3)4)30(38)36(27)19-21-14-16-22(17-15-21)23-11-9-10-12-24(23)29-33-31(39)40-34-29/h9-12,14-17,20H,6-8,13,18-19H2,1-5H3,(H,33,34,39). The van der Waals surface area contributed by atoms with E-state index >= 15 is 0 Å². The molecule has 2 heterocycles. The smallest absolute Gasteiger partial charge is 0.343 e. The third-order valence-corrected chi connectivity index (χ3v) is 7.24. The zero-order valence-corrected chi connectivity index (χ0v) is 23.9. The number of aryl methyl sites for hydroxylation is 2. The SMILES string of the molecule is CCCCc1nc(CC)c(CC(=O)N(C)C(C)C)c(=O)n1Cc1ccc(-c2ccccc2-c2noc(=O)[nH]2)cc1. The molecule has 0 atom stereocenters. The normalized spacial score (nSPS) is 11.2. The minimum atomic E-state index is -0.607. The number of nitrogens with zero attached hydrogens (tertiary/aromatic N) is 4. The highest BCUT2D eigenvalue weighted by Crippen LogP contribution is 2.30. The van der Waals surface area contributed by atoms with E-state index in [1.807, 2.05) is 69.3 Å². The van der Waals surface area contributed by atoms with Crippen molar-refractivity contribution in [2.24, 2.45) is 0 Å². The molecule has 4 rings (SSSR count). The number of H-pyrrole nitrogens is 1. The Morgan fingerprint density at radius 1 is 1.05 bits per heavy atom. The van der Waals surface area contributed by atoms with Crippen LogP contribution in [0, 0.1) is 0 Å². The fourth-order valence-corrected chi connectivity index (χ4v) is 4.67. The maximum atomic E-state index is 13.9. The monoisotopic (exact) mass is 543 g/mol. The van der Waals surface area contributed by atoms with Gasteiger partial charge in [0, 0.05) is 30.6 Å². The summed E-state index contributed by atoms with van der Waals surface area (Å²) in [5, 5.41) is 3.84. The minimum absolute atomic E-state index is 0.0393. The van der Waals surface area contributed by atoms with Gasteiger partial charge in [0.25, 0.3) is 5.56 Å². The van der Waals surface area contributed by atoms with E-state index < -0.39 is 5.76 Å². The van der Waals surface area contributed by atoms with Crippen LogP contribution in [0.4, 0.5) is 0 Å². The minimum Gasteiger partial charge on any atom is -0.343 e. The van der Waals surface area contributed by atoms with E-state index in [9.17, 15) is 14.4 Å². The summed E-state index contributed by atoms with van der Waals surface area (Å²) < 4.78 is 6.43. The van der Waals surface area contributed by atoms with Gasteiger partial charge in [-0.2, -0.15) is 0 Å². The van der Waals surface area contributed by atoms with Crippen LogP contribution >= 0.6 is 0 Å². The highest BCUT2D eigenvalue weighted by atomic mass is 16.5. The van der Waals surface area contributed by atoms with Crippen LogP contribution in [-0.2, 0) is 30.6 Å². The number of likely N-dealkylation sites (N-methyl/N-ethyl adjacent to an activating group) is 1. The molecule has 4 aromatic rings. The second kappa shape index (κ2) is 12.7. The van der Waals surface area contributed by atoms with Crippen LogP contribution in [0.5, 0.6) is 0 Å². The number of hydrogen-bond donors (Lipinski definition) is 1. The molecule has 210 valence electrons. The van der Waals surface area contributed by atoms with E-state index in [2.05, 4.69) is 17.1 Å². The van der Waals surface area contributed by atoms with Crippen molar-refractivity contribution >= 4 is 5.91 Å². The molecule has 0 radical (unpaired) electrons. The van der Waals surface area contributed by atoms with Crippen molar-refractivity contribution in [3.8, 4) is 22.5 Å². The number of carbonyl (C=O) groups is 1. The predicted molar refractivity (Wildman–Crippen MR) is 155 cm³/mol. The molecule has 2 aromatic heterocycles. The zero-order valence-electron chi connectivity index (χ0n) is 23.9. The summed E-state index contributed by atoms with van der Waals surface area (Å²) in [6.07, 6.45) is 3.23. The van der Waals surface area contributed by atoms with E-state index in [0.717, 1.165) is 40.9 Å². The number of amides is 1. The molecule has 9 heteroatoms. The second-order valence-corrected chi connectivity index (χ2v) is 10.3. The predicted octanol–water partition coefficient (Wildman–Crippen LogP) is 4.62. The first-order chi connectivity index (χ1) is 19.2. The molecule has 0 aliphatic rings. The summed E-state index contributed by atoms with van der Waals surface area (Å²) in [5.41, 5.74) is 4.56. The van der Waals surface area contributed by atoms with Crippen molar-refractivity contribution < 1.29 is 9.32 Å². The molecule has 1 N–H and O–H groups in total. The molecule has 1 amide bonds. The van der Waals surface area contributed by atoms with Crippen LogP contribution in [-0.4, -0.2) is 43.6 Å². The third-order valence-electron chi connectivity index (χ3n) is 7.24. The first-order valence-corrected chi connectivity index (χ1v) is 13.8. The van der Waals surface area contributed by atoms with Gasteiger partial charge in [0.05, 0.1) is 18.7 Å². The Bertz CT molecular complexity index is 1580. The summed E-state index contributed by atoms with van der Waals surface area (Å²) in [5.74, 6) is 0.419. The Balaban J connectivity index is 1.69. The van der Waals surface area contributed by atoms with Crippen molar-refractivity contribution in [1.82, 2.24) is 24.6 Å². The lowest BCUT2D eigenvalue weighted by atomic mass is 9.98. The van der Waals surface area contributed by atoms with Gasteiger partial charge in [-0.25, -0.2) is 9.78 Å². The van der Waals surface area contributed by atoms with Crippen molar-refractivity contribution in [2.45, 2.75) is 72.4 Å². The summed E-state index contributed by atoms with van der Waals surface area (Å²) >= 11 is 0. The van der Waals surface area contributed by atoms with E-state index in [-0.39, 0.29) is 23.9 Å². The Morgan fingerprint density at radius 2 is 1.75 bits per heavy atom. The lowest BCUT2D eigenvalue weighted by Crippen LogP contribution is -2.38. The van der Waals surface area contributed by atoms with Crippen LogP contribution < -0.4 is 11.3 Å². The van der Waals surface area contributed by atoms with Gasteiger partial charge in [-0.15, -0.1) is 0 Å². The highest BCUT2D eigenvalue weighted by molar-refractivity contribution is 5.80. The molecule has 0 spiro atoms. The van der Waals surface area contributed by atoms with Gasteiger partial charge in [0.1, 0.15) is 5.82 Å². The van der Waals surface area contributed by atoms with Crippen LogP contribution in [0.1, 0.15) is 63.2 Å². The van der Waals surface area contributed by atoms with Crippen molar-refractivity contribution in [3.05, 3.63) is 92.1 Å². The van der Waals surface area contributed by atoms with E-state index in [4.69, 9.17) is 9.51 Å². The van der Waals surface area contributed by atoms with Crippen molar-refractivity contribution in [3.63, 3.8) is 0 Å². The van der Waals surface area contributed by atoms with Gasteiger partial charge in [-0.05, 0) is 43.4 Å². The molecule has 0 saturated carbocycles. The average Bonchev–Trinajstić information content (AvgIpc) is 3.40. The number of benzene rings is 2. The quantitative estimate of drug-likeness (QED) is 0.295. The Hall–Kier alpha value is -4.27. The first kappa shape index (κ1) is 28.7. The highest BCUT2D eigenvalue weighted by Gasteiger charge is 2.21. The number of aromatic amines is 1. The number of unbranched alkanes of at least 4 members (excludes halogenated alkanes) is 1. The van der Waals surface area contributed by atoms with Gasteiger partial charge in [-0.1, -0.05) is 74.0 Å². The van der Waals surface area contributed by atoms with Gasteiger partial charge < -0.3 is 4.90 Å². The molecular weight excluding hydrogens is 506 g/mol. The lowest BCUT2D eigenvalue weighted by molar-refractivity contribution is -0.130. The molecule has 9 nitrogen and oxygen atoms in total. The van der Waals surface area contributed by atoms with E-state index in [0.29, 0.717) is 36.5 Å². The van der Waals surface area contributed by atoms with Gasteiger partial charge >= 0.3 is 5.76 Å². The second-order valence-electron chi connectivity index (χ2n) is 10.3. The molecule has 0 bridgehead atoms. The Labute approximate surface area is 233 Å². The number of aromatic nitrogens is 4. The molecule has 0 saturated heterocycles. The summed E-state index contributed by atoms with van der Waals surface area (Å²) in [7, 11) is 1.76. The molecule has 0 aliphatic carbocycles. The number of carbonyl (C=O) groups excluding carboxylic acids is 1. The fraction of sp³-hybridized carbons (Fsp3) is 0.387. The van der Waals surface area contributed by atoms with Crippen molar-refractivity contribution in [2.75, 3.05) is 7.05 Å². The summed E-state index contributed by atoms with van der Waals surface area (Å²) in [6, 6.07) is 15.6. The lowest BCUT2D eigenvalue weighted by Gasteiger charge is -2.22. The van der Waals surface area contributed by atoms with E-state index in [1.54, 1.807) is 16.5 Å². The Morgan fingerprint density at radius 3 is 2.35 bits per heavy atom. The number of nitrogens with one attached hydrogen (secondary N) is 1. The summed E-state index contributed by atoms with van der Waals surface area (Å²) in [6.45, 7) is 8.35. The van der Waals surface area contributed by atoms with Crippen LogP contribution in [0.2, 0.25) is 0 Å². The van der Waals surface area contributed by atoms with Gasteiger partial charge in [0.2, 0.25) is 5.91 Å². The summed E-state index contributed by atoms with van der Waals surface area (Å²) in [4.78, 5) is 47.5. The van der Waals surface area contributed by atoms with Gasteiger partial charge in [-0.3, -0.25) is 23.7 Å². The number of hydrogen-bond acceptors (Lipinski definition) is 6. The zero-order chi connectivity index (χ0) is 28.8. The average molecular weight is 544 g/mol. The topological polar surface area (TPSA) is 114 Å².